The van der Waals surface area contributed by atoms with Gasteiger partial charge < -0.3 is 9.64 Å². The van der Waals surface area contributed by atoms with Crippen molar-refractivity contribution in [3.8, 4) is 23.1 Å². The zero-order valence-electron chi connectivity index (χ0n) is 21.3. The molecule has 40 heavy (non-hydrogen) atoms. The molecule has 2 fully saturated rings. The molecule has 1 aromatic carbocycles. The molecule has 10 nitrogen and oxygen atoms in total. The highest BCUT2D eigenvalue weighted by Crippen LogP contribution is 2.43. The van der Waals surface area contributed by atoms with Crippen LogP contribution in [-0.2, 0) is 10.0 Å². The number of ether oxygens (including phenoxy) is 1. The molecule has 0 bridgehead atoms. The second-order valence-corrected chi connectivity index (χ2v) is 13.1. The number of pyridine rings is 2. The van der Waals surface area contributed by atoms with E-state index in [-0.39, 0.29) is 11.2 Å². The average molecular weight is 602 g/mol. The Hall–Kier alpha value is -3.50. The van der Waals surface area contributed by atoms with Crippen LogP contribution in [0.3, 0.4) is 0 Å². The summed E-state index contributed by atoms with van der Waals surface area (Å²) < 4.78 is 45.8. The second kappa shape index (κ2) is 9.55. The molecule has 2 aliphatic heterocycles. The Morgan fingerprint density at radius 3 is 2.50 bits per heavy atom. The third-order valence-corrected chi connectivity index (χ3v) is 9.12. The van der Waals surface area contributed by atoms with Crippen LogP contribution in [-0.4, -0.2) is 65.3 Å². The minimum atomic E-state index is -3.20. The normalized spacial score (nSPS) is 17.4. The first-order chi connectivity index (χ1) is 19.0. The van der Waals surface area contributed by atoms with Gasteiger partial charge in [0, 0.05) is 72.8 Å². The number of nitrogens with zero attached hydrogens (tertiary/aromatic N) is 6. The molecule has 0 amide bonds. The molecule has 0 saturated carbocycles. The third-order valence-electron chi connectivity index (χ3n) is 7.32. The van der Waals surface area contributed by atoms with Gasteiger partial charge in [0.2, 0.25) is 10.0 Å². The molecule has 1 spiro atoms. The first-order valence-electron chi connectivity index (χ1n) is 12.2. The monoisotopic (exact) mass is 601 g/mol. The van der Waals surface area contributed by atoms with Crippen LogP contribution in [0.25, 0.3) is 22.2 Å². The molecule has 206 valence electrons. The van der Waals surface area contributed by atoms with Gasteiger partial charge in [-0.3, -0.25) is 10.1 Å². The molecule has 0 radical (unpaired) electrons. The number of sulfonamides is 1. The lowest BCUT2D eigenvalue weighted by Gasteiger charge is -2.59. The lowest BCUT2D eigenvalue weighted by atomic mass is 9.74. The Balaban J connectivity index is 1.26. The van der Waals surface area contributed by atoms with Crippen LogP contribution in [0, 0.1) is 22.6 Å². The third kappa shape index (κ3) is 4.53. The summed E-state index contributed by atoms with van der Waals surface area (Å²) in [5.41, 5.74) is 2.24. The largest absolute Gasteiger partial charge is 0.483 e. The molecule has 0 aliphatic carbocycles. The van der Waals surface area contributed by atoms with E-state index in [1.54, 1.807) is 19.2 Å². The molecule has 14 heteroatoms. The van der Waals surface area contributed by atoms with Gasteiger partial charge in [-0.25, -0.2) is 22.1 Å². The van der Waals surface area contributed by atoms with Crippen molar-refractivity contribution in [2.24, 2.45) is 5.41 Å². The summed E-state index contributed by atoms with van der Waals surface area (Å²) in [6, 6.07) is 6.71. The average Bonchev–Trinajstić information content (AvgIpc) is 3.24. The number of nitrogens with one attached hydrogen (secondary N) is 1. The SMILES string of the molecule is CC(Oc1cc2c(-c3cnc(N4CC5(C4)CN(S(C)(=O)=O)C5)c(C#N)c3)n[nH]c2cc1F)c1c(Cl)cncc1Cl. The first kappa shape index (κ1) is 26.7. The fraction of sp³-hybridized carbons (Fsp3) is 0.308. The molecule has 3 aromatic heterocycles. The highest BCUT2D eigenvalue weighted by atomic mass is 35.5. The standard InChI is InChI=1S/C26H22Cl2FN7O3S/c1-14(23-18(27)8-31-9-19(23)28)39-22-4-17-21(5-20(22)29)33-34-24(17)16-3-15(6-30)25(32-7-16)35-10-26(11-35)12-36(13-26)40(2,37)38/h3-5,7-9,14H,10-13H2,1-2H3,(H,33,34). The van der Waals surface area contributed by atoms with Crippen molar-refractivity contribution in [2.45, 2.75) is 13.0 Å². The number of aromatic amines is 1. The van der Waals surface area contributed by atoms with Crippen molar-refractivity contribution in [2.75, 3.05) is 37.3 Å². The van der Waals surface area contributed by atoms with Crippen LogP contribution < -0.4 is 9.64 Å². The van der Waals surface area contributed by atoms with Crippen molar-refractivity contribution in [3.05, 3.63) is 63.8 Å². The van der Waals surface area contributed by atoms with E-state index in [0.717, 1.165) is 0 Å². The Morgan fingerprint density at radius 2 is 1.85 bits per heavy atom. The van der Waals surface area contributed by atoms with Gasteiger partial charge in [-0.05, 0) is 19.1 Å². The summed E-state index contributed by atoms with van der Waals surface area (Å²) >= 11 is 12.5. The van der Waals surface area contributed by atoms with Crippen LogP contribution in [0.5, 0.6) is 5.75 Å². The van der Waals surface area contributed by atoms with E-state index in [9.17, 15) is 18.1 Å². The van der Waals surface area contributed by atoms with Crippen molar-refractivity contribution < 1.29 is 17.5 Å². The molecule has 2 saturated heterocycles. The van der Waals surface area contributed by atoms with Crippen molar-refractivity contribution >= 4 is 49.9 Å². The highest BCUT2D eigenvalue weighted by molar-refractivity contribution is 7.88. The fourth-order valence-electron chi connectivity index (χ4n) is 5.36. The summed E-state index contributed by atoms with van der Waals surface area (Å²) in [4.78, 5) is 10.5. The molecule has 1 N–H and O–H groups in total. The number of halogens is 3. The van der Waals surface area contributed by atoms with Gasteiger partial charge in [-0.1, -0.05) is 23.2 Å². The van der Waals surface area contributed by atoms with E-state index in [2.05, 4.69) is 26.2 Å². The zero-order valence-corrected chi connectivity index (χ0v) is 23.6. The van der Waals surface area contributed by atoms with Crippen LogP contribution in [0.1, 0.15) is 24.2 Å². The van der Waals surface area contributed by atoms with E-state index in [4.69, 9.17) is 27.9 Å². The minimum absolute atomic E-state index is 0.0220. The lowest BCUT2D eigenvalue weighted by molar-refractivity contribution is 0.0395. The van der Waals surface area contributed by atoms with E-state index >= 15 is 0 Å². The highest BCUT2D eigenvalue weighted by Gasteiger charge is 2.54. The molecule has 1 unspecified atom stereocenters. The fourth-order valence-corrected chi connectivity index (χ4v) is 7.05. The van der Waals surface area contributed by atoms with E-state index < -0.39 is 21.9 Å². The summed E-state index contributed by atoms with van der Waals surface area (Å²) in [6.45, 7) is 3.89. The Kier molecular flexibility index (Phi) is 6.38. The number of fused-ring (bicyclic) bond motifs is 1. The molecular formula is C26H22Cl2FN7O3S. The first-order valence-corrected chi connectivity index (χ1v) is 14.8. The van der Waals surface area contributed by atoms with Crippen LogP contribution >= 0.6 is 23.2 Å². The van der Waals surface area contributed by atoms with E-state index in [1.807, 2.05) is 4.90 Å². The summed E-state index contributed by atoms with van der Waals surface area (Å²) in [5.74, 6) is -0.0881. The minimum Gasteiger partial charge on any atom is -0.483 e. The number of benzene rings is 1. The molecule has 1 atom stereocenters. The number of hydrogen-bond donors (Lipinski definition) is 1. The number of aromatic nitrogens is 4. The number of hydrogen-bond acceptors (Lipinski definition) is 8. The van der Waals surface area contributed by atoms with Crippen LogP contribution in [0.2, 0.25) is 10.0 Å². The molecule has 6 rings (SSSR count). The van der Waals surface area contributed by atoms with Crippen LogP contribution in [0.15, 0.2) is 36.8 Å². The quantitative estimate of drug-likeness (QED) is 0.340. The van der Waals surface area contributed by atoms with Gasteiger partial charge in [0.15, 0.2) is 11.6 Å². The molecule has 5 heterocycles. The summed E-state index contributed by atoms with van der Waals surface area (Å²) in [7, 11) is -3.20. The van der Waals surface area contributed by atoms with Gasteiger partial charge in [0.1, 0.15) is 23.7 Å². The van der Waals surface area contributed by atoms with Gasteiger partial charge in [0.05, 0.1) is 27.4 Å². The molecular weight excluding hydrogens is 580 g/mol. The Bertz CT molecular complexity index is 1790. The number of anilines is 1. The smallest absolute Gasteiger partial charge is 0.211 e. The Labute approximate surface area is 239 Å². The summed E-state index contributed by atoms with van der Waals surface area (Å²) in [6.07, 6.45) is 5.03. The lowest BCUT2D eigenvalue weighted by Crippen LogP contribution is -2.73. The maximum Gasteiger partial charge on any atom is 0.211 e. The number of H-pyrrole nitrogens is 1. The van der Waals surface area contributed by atoms with Gasteiger partial charge in [-0.15, -0.1) is 0 Å². The maximum absolute atomic E-state index is 15.0. The van der Waals surface area contributed by atoms with Gasteiger partial charge in [-0.2, -0.15) is 10.4 Å². The predicted molar refractivity (Wildman–Crippen MR) is 148 cm³/mol. The van der Waals surface area contributed by atoms with Gasteiger partial charge >= 0.3 is 0 Å². The van der Waals surface area contributed by atoms with Gasteiger partial charge in [0.25, 0.3) is 0 Å². The predicted octanol–water partition coefficient (Wildman–Crippen LogP) is 4.56. The Morgan fingerprint density at radius 1 is 1.15 bits per heavy atom. The van der Waals surface area contributed by atoms with E-state index in [1.165, 1.54) is 35.1 Å². The van der Waals surface area contributed by atoms with E-state index in [0.29, 0.717) is 75.3 Å². The number of rotatable bonds is 6. The van der Waals surface area contributed by atoms with Crippen molar-refractivity contribution in [1.82, 2.24) is 24.5 Å². The van der Waals surface area contributed by atoms with Crippen molar-refractivity contribution in [3.63, 3.8) is 0 Å². The zero-order chi connectivity index (χ0) is 28.4. The maximum atomic E-state index is 15.0. The summed E-state index contributed by atoms with van der Waals surface area (Å²) in [5, 5.41) is 18.2. The topological polar surface area (TPSA) is 128 Å². The van der Waals surface area contributed by atoms with Crippen molar-refractivity contribution in [1.29, 1.82) is 5.26 Å². The number of nitriles is 1. The second-order valence-electron chi connectivity index (χ2n) is 10.3. The molecule has 4 aromatic rings. The molecule has 2 aliphatic rings. The van der Waals surface area contributed by atoms with Crippen LogP contribution in [0.4, 0.5) is 10.2 Å².